The van der Waals surface area contributed by atoms with E-state index >= 15 is 0 Å². The second-order valence-electron chi connectivity index (χ2n) is 9.38. The van der Waals surface area contributed by atoms with Crippen LogP contribution in [0.3, 0.4) is 0 Å². The van der Waals surface area contributed by atoms with Crippen LogP contribution in [0, 0.1) is 6.92 Å². The van der Waals surface area contributed by atoms with Crippen molar-refractivity contribution in [1.29, 1.82) is 0 Å². The van der Waals surface area contributed by atoms with E-state index in [9.17, 15) is 4.79 Å². The smallest absolute Gasteiger partial charge is 0.271 e. The van der Waals surface area contributed by atoms with Gasteiger partial charge in [0.05, 0.1) is 18.9 Å². The largest absolute Gasteiger partial charge is 0.381 e. The number of nitrogens with one attached hydrogen (secondary N) is 2. The van der Waals surface area contributed by atoms with Crippen molar-refractivity contribution in [2.75, 3.05) is 50.2 Å². The van der Waals surface area contributed by atoms with E-state index in [-0.39, 0.29) is 11.7 Å². The Hall–Kier alpha value is -3.60. The lowest BCUT2D eigenvalue weighted by atomic mass is 10.1. The lowest BCUT2D eigenvalue weighted by Gasteiger charge is -2.27. The van der Waals surface area contributed by atoms with Crippen LogP contribution in [0.15, 0.2) is 42.6 Å². The number of nitrogens with two attached hydrogens (primary N) is 1. The molecule has 2 fully saturated rings. The number of aryl methyl sites for hydroxylation is 1. The van der Waals surface area contributed by atoms with Gasteiger partial charge in [0.1, 0.15) is 5.69 Å². The summed E-state index contributed by atoms with van der Waals surface area (Å²) in [5.74, 6) is 0.200. The molecule has 2 saturated heterocycles. The standard InChI is InChI=1S/C27H33N7O3/c1-18-16-21(6-5-19(18)17-34-10-14-37-15-11-34)31-27-24(25(28)35)32-23(22-4-2-3-9-29-22)26(33-27)30-20-7-12-36-13-8-20/h2-6,9,16,20H,7-8,10-15,17H2,1H3,(H2,28,35)(H2,30,31,33). The van der Waals surface area contributed by atoms with Crippen molar-refractivity contribution in [1.82, 2.24) is 19.9 Å². The number of rotatable bonds is 8. The van der Waals surface area contributed by atoms with Crippen LogP contribution in [0.2, 0.25) is 0 Å². The molecule has 1 amide bonds. The van der Waals surface area contributed by atoms with Crippen LogP contribution in [-0.4, -0.2) is 71.3 Å². The second kappa shape index (κ2) is 11.6. The van der Waals surface area contributed by atoms with Crippen molar-refractivity contribution in [2.45, 2.75) is 32.4 Å². The SMILES string of the molecule is Cc1cc(Nc2nc(NC3CCOCC3)c(-c3ccccn3)nc2C(N)=O)ccc1CN1CCOCC1. The number of carbonyl (C=O) groups is 1. The predicted octanol–water partition coefficient (Wildman–Crippen LogP) is 3.11. The molecule has 3 aromatic rings. The third kappa shape index (κ3) is 6.22. The molecule has 10 nitrogen and oxygen atoms in total. The zero-order valence-electron chi connectivity index (χ0n) is 21.1. The fourth-order valence-electron chi connectivity index (χ4n) is 4.60. The summed E-state index contributed by atoms with van der Waals surface area (Å²) in [6.45, 7) is 7.74. The number of aromatic nitrogens is 3. The van der Waals surface area contributed by atoms with Crippen molar-refractivity contribution >= 4 is 23.2 Å². The number of morpholine rings is 1. The van der Waals surface area contributed by atoms with Gasteiger partial charge in [0.15, 0.2) is 17.3 Å². The van der Waals surface area contributed by atoms with E-state index in [1.165, 1.54) is 5.56 Å². The quantitative estimate of drug-likeness (QED) is 0.425. The monoisotopic (exact) mass is 503 g/mol. The van der Waals surface area contributed by atoms with Gasteiger partial charge < -0.3 is 25.8 Å². The minimum Gasteiger partial charge on any atom is -0.381 e. The van der Waals surface area contributed by atoms with E-state index in [1.54, 1.807) is 6.20 Å². The number of benzene rings is 1. The Bertz CT molecular complexity index is 1230. The van der Waals surface area contributed by atoms with Crippen LogP contribution in [0.5, 0.6) is 0 Å². The molecule has 0 bridgehead atoms. The average molecular weight is 504 g/mol. The van der Waals surface area contributed by atoms with Crippen LogP contribution in [0.4, 0.5) is 17.3 Å². The predicted molar refractivity (Wildman–Crippen MR) is 142 cm³/mol. The first kappa shape index (κ1) is 25.1. The number of anilines is 3. The fourth-order valence-corrected chi connectivity index (χ4v) is 4.60. The topological polar surface area (TPSA) is 128 Å². The first-order chi connectivity index (χ1) is 18.1. The highest BCUT2D eigenvalue weighted by Gasteiger charge is 2.23. The van der Waals surface area contributed by atoms with Crippen LogP contribution < -0.4 is 16.4 Å². The van der Waals surface area contributed by atoms with Crippen LogP contribution >= 0.6 is 0 Å². The molecule has 0 atom stereocenters. The Balaban J connectivity index is 1.45. The van der Waals surface area contributed by atoms with Gasteiger partial charge in [0, 0.05) is 50.8 Å². The average Bonchev–Trinajstić information content (AvgIpc) is 2.92. The molecule has 4 heterocycles. The second-order valence-corrected chi connectivity index (χ2v) is 9.38. The molecule has 10 heteroatoms. The number of primary amides is 1. The van der Waals surface area contributed by atoms with Gasteiger partial charge in [-0.3, -0.25) is 14.7 Å². The molecule has 2 aliphatic heterocycles. The minimum atomic E-state index is -0.662. The van der Waals surface area contributed by atoms with Gasteiger partial charge in [0.25, 0.3) is 5.91 Å². The number of ether oxygens (including phenoxy) is 2. The third-order valence-electron chi connectivity index (χ3n) is 6.70. The number of hydrogen-bond donors (Lipinski definition) is 3. The Morgan fingerprint density at radius 3 is 2.54 bits per heavy atom. The van der Waals surface area contributed by atoms with E-state index in [4.69, 9.17) is 20.2 Å². The Labute approximate surface area is 216 Å². The lowest BCUT2D eigenvalue weighted by Crippen LogP contribution is -2.35. The van der Waals surface area contributed by atoms with E-state index in [0.29, 0.717) is 36.2 Å². The minimum absolute atomic E-state index is 0.0632. The molecule has 0 saturated carbocycles. The van der Waals surface area contributed by atoms with Crippen molar-refractivity contribution < 1.29 is 14.3 Å². The summed E-state index contributed by atoms with van der Waals surface area (Å²) in [7, 11) is 0. The first-order valence-corrected chi connectivity index (χ1v) is 12.7. The maximum atomic E-state index is 12.4. The van der Waals surface area contributed by atoms with Crippen LogP contribution in [0.1, 0.15) is 34.5 Å². The van der Waals surface area contributed by atoms with E-state index in [1.807, 2.05) is 24.3 Å². The number of pyridine rings is 1. The summed E-state index contributed by atoms with van der Waals surface area (Å²) < 4.78 is 11.0. The molecule has 2 aromatic heterocycles. The van der Waals surface area contributed by atoms with Crippen molar-refractivity contribution in [3.05, 3.63) is 59.4 Å². The maximum Gasteiger partial charge on any atom is 0.271 e. The Kier molecular flexibility index (Phi) is 7.88. The van der Waals surface area contributed by atoms with Gasteiger partial charge in [-0.2, -0.15) is 0 Å². The molecule has 37 heavy (non-hydrogen) atoms. The highest BCUT2D eigenvalue weighted by atomic mass is 16.5. The normalized spacial score (nSPS) is 16.9. The molecular weight excluding hydrogens is 470 g/mol. The van der Waals surface area contributed by atoms with Gasteiger partial charge in [-0.05, 0) is 55.2 Å². The third-order valence-corrected chi connectivity index (χ3v) is 6.70. The summed E-state index contributed by atoms with van der Waals surface area (Å²) in [5, 5.41) is 6.79. The summed E-state index contributed by atoms with van der Waals surface area (Å²) in [6, 6.07) is 11.9. The van der Waals surface area contributed by atoms with Crippen LogP contribution in [-0.2, 0) is 16.0 Å². The highest BCUT2D eigenvalue weighted by Crippen LogP contribution is 2.30. The number of carbonyl (C=O) groups excluding carboxylic acids is 1. The number of amides is 1. The molecular formula is C27H33N7O3. The zero-order chi connectivity index (χ0) is 25.6. The van der Waals surface area contributed by atoms with E-state index in [0.717, 1.165) is 56.9 Å². The van der Waals surface area contributed by atoms with Gasteiger partial charge in [-0.1, -0.05) is 12.1 Å². The molecule has 194 valence electrons. The molecule has 0 aliphatic carbocycles. The highest BCUT2D eigenvalue weighted by molar-refractivity contribution is 5.97. The van der Waals surface area contributed by atoms with E-state index in [2.05, 4.69) is 44.6 Å². The van der Waals surface area contributed by atoms with Crippen molar-refractivity contribution in [3.8, 4) is 11.4 Å². The van der Waals surface area contributed by atoms with E-state index < -0.39 is 5.91 Å². The van der Waals surface area contributed by atoms with Gasteiger partial charge in [0.2, 0.25) is 0 Å². The molecule has 0 unspecified atom stereocenters. The Morgan fingerprint density at radius 2 is 1.84 bits per heavy atom. The summed E-state index contributed by atoms with van der Waals surface area (Å²) in [4.78, 5) is 28.7. The molecule has 2 aliphatic rings. The zero-order valence-corrected chi connectivity index (χ0v) is 21.1. The fraction of sp³-hybridized carbons (Fsp3) is 0.407. The summed E-state index contributed by atoms with van der Waals surface area (Å²) in [6.07, 6.45) is 3.40. The maximum absolute atomic E-state index is 12.4. The molecule has 5 rings (SSSR count). The van der Waals surface area contributed by atoms with Crippen molar-refractivity contribution in [3.63, 3.8) is 0 Å². The van der Waals surface area contributed by atoms with Gasteiger partial charge in [-0.15, -0.1) is 0 Å². The number of hydrogen-bond acceptors (Lipinski definition) is 9. The summed E-state index contributed by atoms with van der Waals surface area (Å²) in [5.41, 5.74) is 10.1. The van der Waals surface area contributed by atoms with Crippen LogP contribution in [0.25, 0.3) is 11.4 Å². The molecule has 0 radical (unpaired) electrons. The molecule has 1 aromatic carbocycles. The molecule has 0 spiro atoms. The van der Waals surface area contributed by atoms with Gasteiger partial charge >= 0.3 is 0 Å². The Morgan fingerprint density at radius 1 is 1.05 bits per heavy atom. The van der Waals surface area contributed by atoms with Gasteiger partial charge in [-0.25, -0.2) is 9.97 Å². The van der Waals surface area contributed by atoms with Crippen molar-refractivity contribution in [2.24, 2.45) is 5.73 Å². The molecule has 4 N–H and O–H groups in total. The first-order valence-electron chi connectivity index (χ1n) is 12.7. The summed E-state index contributed by atoms with van der Waals surface area (Å²) >= 11 is 0. The lowest BCUT2D eigenvalue weighted by molar-refractivity contribution is 0.0341. The number of nitrogens with zero attached hydrogens (tertiary/aromatic N) is 4.